The van der Waals surface area contributed by atoms with Crippen molar-refractivity contribution in [2.24, 2.45) is 7.05 Å². The number of pyridine rings is 1. The fourth-order valence-electron chi connectivity index (χ4n) is 3.36. The van der Waals surface area contributed by atoms with Gasteiger partial charge in [-0.25, -0.2) is 13.4 Å². The van der Waals surface area contributed by atoms with Crippen molar-refractivity contribution < 1.29 is 17.9 Å². The Morgan fingerprint density at radius 3 is 2.83 bits per heavy atom. The van der Waals surface area contributed by atoms with Crippen molar-refractivity contribution in [1.82, 2.24) is 14.5 Å². The highest BCUT2D eigenvalue weighted by Crippen LogP contribution is 2.30. The standard InChI is InChI=1S/C21H20N4O4S/c1-3-29-21(26)13-25(16-7-8-19-18(11-16)23-14-24(19)2)30(27,28)20-6-4-5-15-12-22-10-9-17(15)20/h4-12,14H,3,13H2,1-2H3. The zero-order valence-electron chi connectivity index (χ0n) is 16.5. The highest BCUT2D eigenvalue weighted by molar-refractivity contribution is 7.93. The average molecular weight is 424 g/mol. The molecule has 0 aliphatic carbocycles. The summed E-state index contributed by atoms with van der Waals surface area (Å²) >= 11 is 0. The number of fused-ring (bicyclic) bond motifs is 2. The zero-order chi connectivity index (χ0) is 21.3. The topological polar surface area (TPSA) is 94.4 Å². The first-order valence-electron chi connectivity index (χ1n) is 9.34. The van der Waals surface area contributed by atoms with Gasteiger partial charge in [-0.15, -0.1) is 0 Å². The molecular formula is C21H20N4O4S. The van der Waals surface area contributed by atoms with Crippen molar-refractivity contribution in [2.45, 2.75) is 11.8 Å². The summed E-state index contributed by atoms with van der Waals surface area (Å²) in [5, 5.41) is 1.22. The Morgan fingerprint density at radius 2 is 2.03 bits per heavy atom. The Morgan fingerprint density at radius 1 is 1.20 bits per heavy atom. The maximum atomic E-state index is 13.7. The number of aromatic nitrogens is 3. The number of ether oxygens (including phenoxy) is 1. The number of rotatable bonds is 6. The third-order valence-corrected chi connectivity index (χ3v) is 6.62. The summed E-state index contributed by atoms with van der Waals surface area (Å²) in [6.07, 6.45) is 4.79. The normalized spacial score (nSPS) is 11.7. The van der Waals surface area contributed by atoms with Crippen LogP contribution >= 0.6 is 0 Å². The van der Waals surface area contributed by atoms with Crippen LogP contribution in [-0.4, -0.2) is 42.1 Å². The SMILES string of the molecule is CCOC(=O)CN(c1ccc2c(c1)ncn2C)S(=O)(=O)c1cccc2cnccc12. The molecule has 0 saturated carbocycles. The van der Waals surface area contributed by atoms with E-state index < -0.39 is 22.5 Å². The number of hydrogen-bond donors (Lipinski definition) is 0. The second kappa shape index (κ2) is 7.75. The van der Waals surface area contributed by atoms with Crippen molar-refractivity contribution in [2.75, 3.05) is 17.5 Å². The van der Waals surface area contributed by atoms with Crippen molar-refractivity contribution >= 4 is 43.5 Å². The van der Waals surface area contributed by atoms with Gasteiger partial charge in [-0.3, -0.25) is 14.1 Å². The first-order chi connectivity index (χ1) is 14.4. The second-order valence-corrected chi connectivity index (χ2v) is 8.53. The first kappa shape index (κ1) is 19.8. The first-order valence-corrected chi connectivity index (χ1v) is 10.8. The number of nitrogens with zero attached hydrogens (tertiary/aromatic N) is 4. The van der Waals surface area contributed by atoms with Gasteiger partial charge >= 0.3 is 5.97 Å². The Labute approximate surface area is 173 Å². The highest BCUT2D eigenvalue weighted by Gasteiger charge is 2.29. The molecule has 2 aromatic carbocycles. The molecule has 0 amide bonds. The number of imidazole rings is 1. The zero-order valence-corrected chi connectivity index (χ0v) is 17.3. The number of sulfonamides is 1. The van der Waals surface area contributed by atoms with E-state index in [1.54, 1.807) is 55.8 Å². The molecule has 154 valence electrons. The van der Waals surface area contributed by atoms with Crippen molar-refractivity contribution in [3.05, 3.63) is 61.2 Å². The molecule has 2 heterocycles. The molecule has 4 rings (SSSR count). The second-order valence-electron chi connectivity index (χ2n) is 6.70. The summed E-state index contributed by atoms with van der Waals surface area (Å²) < 4.78 is 35.3. The van der Waals surface area contributed by atoms with Crippen LogP contribution in [0.25, 0.3) is 21.8 Å². The lowest BCUT2D eigenvalue weighted by molar-refractivity contribution is -0.141. The van der Waals surface area contributed by atoms with Crippen LogP contribution in [0.5, 0.6) is 0 Å². The Hall–Kier alpha value is -3.46. The number of anilines is 1. The van der Waals surface area contributed by atoms with Gasteiger partial charge in [0.2, 0.25) is 0 Å². The molecule has 0 aliphatic heterocycles. The van der Waals surface area contributed by atoms with Gasteiger partial charge in [0.1, 0.15) is 6.54 Å². The van der Waals surface area contributed by atoms with Gasteiger partial charge in [-0.05, 0) is 37.3 Å². The fraction of sp³-hybridized carbons (Fsp3) is 0.190. The Bertz CT molecular complexity index is 1340. The number of aryl methyl sites for hydroxylation is 1. The van der Waals surface area contributed by atoms with Gasteiger partial charge in [0.05, 0.1) is 34.6 Å². The molecule has 9 heteroatoms. The lowest BCUT2D eigenvalue weighted by Gasteiger charge is -2.24. The van der Waals surface area contributed by atoms with Crippen LogP contribution in [0.3, 0.4) is 0 Å². The van der Waals surface area contributed by atoms with E-state index >= 15 is 0 Å². The Kier molecular flexibility index (Phi) is 5.13. The third-order valence-electron chi connectivity index (χ3n) is 4.78. The molecule has 0 spiro atoms. The minimum absolute atomic E-state index is 0.0906. The maximum absolute atomic E-state index is 13.7. The minimum Gasteiger partial charge on any atom is -0.465 e. The molecule has 8 nitrogen and oxygen atoms in total. The van der Waals surface area contributed by atoms with Gasteiger partial charge in [-0.1, -0.05) is 12.1 Å². The molecule has 2 aromatic heterocycles. The summed E-state index contributed by atoms with van der Waals surface area (Å²) in [5.74, 6) is -0.635. The van der Waals surface area contributed by atoms with E-state index in [0.29, 0.717) is 22.0 Å². The van der Waals surface area contributed by atoms with Crippen LogP contribution < -0.4 is 4.31 Å². The van der Waals surface area contributed by atoms with E-state index in [9.17, 15) is 13.2 Å². The van der Waals surface area contributed by atoms with Gasteiger partial charge in [0.25, 0.3) is 10.0 Å². The number of esters is 1. The quantitative estimate of drug-likeness (QED) is 0.442. The molecule has 4 aromatic rings. The van der Waals surface area contributed by atoms with E-state index in [-0.39, 0.29) is 11.5 Å². The van der Waals surface area contributed by atoms with Crippen molar-refractivity contribution in [1.29, 1.82) is 0 Å². The summed E-state index contributed by atoms with van der Waals surface area (Å²) in [4.78, 5) is 20.7. The smallest absolute Gasteiger partial charge is 0.326 e. The van der Waals surface area contributed by atoms with E-state index in [0.717, 1.165) is 9.82 Å². The number of carbonyl (C=O) groups excluding carboxylic acids is 1. The van der Waals surface area contributed by atoms with Gasteiger partial charge < -0.3 is 9.30 Å². The molecule has 0 unspecified atom stereocenters. The molecule has 30 heavy (non-hydrogen) atoms. The highest BCUT2D eigenvalue weighted by atomic mass is 32.2. The van der Waals surface area contributed by atoms with Crippen molar-refractivity contribution in [3.63, 3.8) is 0 Å². The van der Waals surface area contributed by atoms with E-state index in [1.807, 2.05) is 11.6 Å². The van der Waals surface area contributed by atoms with Gasteiger partial charge in [0, 0.05) is 30.2 Å². The lowest BCUT2D eigenvalue weighted by atomic mass is 10.2. The third kappa shape index (κ3) is 3.48. The van der Waals surface area contributed by atoms with Crippen LogP contribution in [0.1, 0.15) is 6.92 Å². The van der Waals surface area contributed by atoms with Gasteiger partial charge in [-0.2, -0.15) is 0 Å². The van der Waals surface area contributed by atoms with Gasteiger partial charge in [0.15, 0.2) is 0 Å². The monoisotopic (exact) mass is 424 g/mol. The van der Waals surface area contributed by atoms with E-state index in [4.69, 9.17) is 4.74 Å². The average Bonchev–Trinajstić information content (AvgIpc) is 3.11. The van der Waals surface area contributed by atoms with Crippen LogP contribution in [0.4, 0.5) is 5.69 Å². The maximum Gasteiger partial charge on any atom is 0.326 e. The van der Waals surface area contributed by atoms with E-state index in [1.165, 1.54) is 12.3 Å². The fourth-order valence-corrected chi connectivity index (χ4v) is 4.97. The summed E-state index contributed by atoms with van der Waals surface area (Å²) in [5.41, 5.74) is 1.81. The predicted octanol–water partition coefficient (Wildman–Crippen LogP) is 2.88. The summed E-state index contributed by atoms with van der Waals surface area (Å²) in [7, 11) is -2.23. The molecule has 0 bridgehead atoms. The molecule has 0 radical (unpaired) electrons. The molecule has 0 fully saturated rings. The van der Waals surface area contributed by atoms with Crippen LogP contribution in [0.2, 0.25) is 0 Å². The number of benzene rings is 2. The Balaban J connectivity index is 1.88. The summed E-state index contributed by atoms with van der Waals surface area (Å²) in [6.45, 7) is 1.39. The van der Waals surface area contributed by atoms with E-state index in [2.05, 4.69) is 9.97 Å². The molecule has 0 saturated heterocycles. The van der Waals surface area contributed by atoms with Crippen LogP contribution in [0.15, 0.2) is 66.1 Å². The molecular weight excluding hydrogens is 404 g/mol. The molecule has 0 N–H and O–H groups in total. The van der Waals surface area contributed by atoms with Crippen LogP contribution in [0, 0.1) is 0 Å². The molecule has 0 atom stereocenters. The number of hydrogen-bond acceptors (Lipinski definition) is 6. The predicted molar refractivity (Wildman–Crippen MR) is 114 cm³/mol. The minimum atomic E-state index is -4.09. The number of carbonyl (C=O) groups is 1. The largest absolute Gasteiger partial charge is 0.465 e. The van der Waals surface area contributed by atoms with Crippen LogP contribution in [-0.2, 0) is 26.6 Å². The van der Waals surface area contributed by atoms with Crippen molar-refractivity contribution in [3.8, 4) is 0 Å². The molecule has 0 aliphatic rings. The lowest BCUT2D eigenvalue weighted by Crippen LogP contribution is -2.36. The summed E-state index contributed by atoms with van der Waals surface area (Å²) in [6, 6.07) is 11.7.